The quantitative estimate of drug-likeness (QED) is 0.664. The Bertz CT molecular complexity index is 928. The Morgan fingerprint density at radius 1 is 1.07 bits per heavy atom. The molecule has 1 heterocycles. The smallest absolute Gasteiger partial charge is 0.410 e. The molecule has 0 radical (unpaired) electrons. The number of amides is 1. The van der Waals surface area contributed by atoms with Crippen molar-refractivity contribution in [2.75, 3.05) is 19.7 Å². The highest BCUT2D eigenvalue weighted by atomic mass is 79.9. The maximum Gasteiger partial charge on any atom is 0.410 e. The second kappa shape index (κ2) is 8.40. The monoisotopic (exact) mass is 473 g/mol. The number of nitrogens with zero attached hydrogens (tertiary/aromatic N) is 1. The van der Waals surface area contributed by atoms with Crippen molar-refractivity contribution in [3.05, 3.63) is 70.2 Å². The van der Waals surface area contributed by atoms with E-state index < -0.39 is 11.6 Å². The molecule has 2 aromatic rings. The standard InChI is InChI=1S/C23H24BrNO5/c24-19-8-4-7-18(11-19)23(30-13-20(26)27)10-9-22(14-23)15-25(16-22)21(28)29-12-17-5-2-1-3-6-17/h1-8,11H,9-10,12-16H2,(H,26,27). The first-order chi connectivity index (χ1) is 14.4. The first-order valence-electron chi connectivity index (χ1n) is 9.97. The maximum atomic E-state index is 12.4. The molecule has 4 rings (SSSR count). The van der Waals surface area contributed by atoms with Gasteiger partial charge in [-0.05, 0) is 42.5 Å². The van der Waals surface area contributed by atoms with Crippen LogP contribution >= 0.6 is 15.9 Å². The van der Waals surface area contributed by atoms with Gasteiger partial charge >= 0.3 is 12.1 Å². The fourth-order valence-corrected chi connectivity index (χ4v) is 5.05. The lowest BCUT2D eigenvalue weighted by Crippen LogP contribution is -2.58. The third kappa shape index (κ3) is 4.37. The minimum Gasteiger partial charge on any atom is -0.480 e. The van der Waals surface area contributed by atoms with E-state index in [2.05, 4.69) is 15.9 Å². The van der Waals surface area contributed by atoms with Crippen LogP contribution in [0.2, 0.25) is 0 Å². The van der Waals surface area contributed by atoms with Gasteiger partial charge in [0.1, 0.15) is 13.2 Å². The Kier molecular flexibility index (Phi) is 5.84. The van der Waals surface area contributed by atoms with Crippen molar-refractivity contribution in [3.8, 4) is 0 Å². The number of rotatable bonds is 6. The van der Waals surface area contributed by atoms with Gasteiger partial charge in [0.05, 0.1) is 5.60 Å². The summed E-state index contributed by atoms with van der Waals surface area (Å²) >= 11 is 3.50. The molecule has 7 heteroatoms. The lowest BCUT2D eigenvalue weighted by Gasteiger charge is -2.48. The van der Waals surface area contributed by atoms with E-state index in [-0.39, 0.29) is 24.7 Å². The molecule has 30 heavy (non-hydrogen) atoms. The third-order valence-electron chi connectivity index (χ3n) is 6.06. The summed E-state index contributed by atoms with van der Waals surface area (Å²) in [6.45, 7) is 1.12. The van der Waals surface area contributed by atoms with Crippen molar-refractivity contribution in [1.82, 2.24) is 4.90 Å². The minimum atomic E-state index is -0.981. The van der Waals surface area contributed by atoms with E-state index in [1.54, 1.807) is 4.90 Å². The van der Waals surface area contributed by atoms with Gasteiger partial charge in [-0.1, -0.05) is 58.4 Å². The number of carboxylic acids is 1. The highest BCUT2D eigenvalue weighted by molar-refractivity contribution is 9.10. The van der Waals surface area contributed by atoms with Gasteiger partial charge in [-0.15, -0.1) is 0 Å². The molecular formula is C23H24BrNO5. The van der Waals surface area contributed by atoms with Gasteiger partial charge in [0, 0.05) is 23.0 Å². The molecular weight excluding hydrogens is 450 g/mol. The number of benzene rings is 2. The Morgan fingerprint density at radius 2 is 1.83 bits per heavy atom. The van der Waals surface area contributed by atoms with Crippen molar-refractivity contribution in [1.29, 1.82) is 0 Å². The molecule has 158 valence electrons. The van der Waals surface area contributed by atoms with Crippen LogP contribution in [-0.4, -0.2) is 41.8 Å². The number of hydrogen-bond acceptors (Lipinski definition) is 4. The molecule has 1 saturated carbocycles. The summed E-state index contributed by atoms with van der Waals surface area (Å²) in [6, 6.07) is 17.5. The van der Waals surface area contributed by atoms with E-state index in [1.807, 2.05) is 54.6 Å². The SMILES string of the molecule is O=C(O)COC1(c2cccc(Br)c2)CCC2(CN(C(=O)OCc3ccccc3)C2)C1. The molecule has 2 aliphatic rings. The van der Waals surface area contributed by atoms with E-state index in [4.69, 9.17) is 14.6 Å². The zero-order valence-electron chi connectivity index (χ0n) is 16.6. The molecule has 0 aromatic heterocycles. The minimum absolute atomic E-state index is 0.0629. The Hall–Kier alpha value is -2.38. The first-order valence-corrected chi connectivity index (χ1v) is 10.8. The lowest BCUT2D eigenvalue weighted by molar-refractivity contribution is -0.151. The van der Waals surface area contributed by atoms with Gasteiger partial charge in [-0.3, -0.25) is 0 Å². The van der Waals surface area contributed by atoms with E-state index in [0.717, 1.165) is 28.4 Å². The summed E-state index contributed by atoms with van der Waals surface area (Å²) in [5.74, 6) is -0.981. The van der Waals surface area contributed by atoms with E-state index in [1.165, 1.54) is 0 Å². The van der Waals surface area contributed by atoms with Crippen LogP contribution in [-0.2, 0) is 26.5 Å². The number of carbonyl (C=O) groups is 2. The molecule has 1 saturated heterocycles. The molecule has 1 unspecified atom stereocenters. The number of ether oxygens (including phenoxy) is 2. The molecule has 6 nitrogen and oxygen atoms in total. The van der Waals surface area contributed by atoms with Crippen LogP contribution in [0, 0.1) is 5.41 Å². The number of carbonyl (C=O) groups excluding carboxylic acids is 1. The van der Waals surface area contributed by atoms with Crippen LogP contribution in [0.15, 0.2) is 59.1 Å². The van der Waals surface area contributed by atoms with Crippen molar-refractivity contribution >= 4 is 28.0 Å². The number of carboxylic acid groups (broad SMARTS) is 1. The Morgan fingerprint density at radius 3 is 2.53 bits per heavy atom. The predicted octanol–water partition coefficient (Wildman–Crippen LogP) is 4.57. The number of likely N-dealkylation sites (tertiary alicyclic amines) is 1. The molecule has 1 amide bonds. The highest BCUT2D eigenvalue weighted by Crippen LogP contribution is 2.56. The molecule has 1 aliphatic heterocycles. The molecule has 1 atom stereocenters. The lowest BCUT2D eigenvalue weighted by atomic mass is 9.76. The fourth-order valence-electron chi connectivity index (χ4n) is 4.65. The van der Waals surface area contributed by atoms with Crippen molar-refractivity contribution < 1.29 is 24.2 Å². The van der Waals surface area contributed by atoms with Crippen LogP contribution in [0.5, 0.6) is 0 Å². The van der Waals surface area contributed by atoms with Crippen LogP contribution < -0.4 is 0 Å². The van der Waals surface area contributed by atoms with Gasteiger partial charge in [0.25, 0.3) is 0 Å². The number of aliphatic carboxylic acids is 1. The Balaban J connectivity index is 1.40. The summed E-state index contributed by atoms with van der Waals surface area (Å²) in [4.78, 5) is 25.3. The van der Waals surface area contributed by atoms with Crippen LogP contribution in [0.25, 0.3) is 0 Å². The number of halogens is 1. The zero-order chi connectivity index (χ0) is 21.2. The van der Waals surface area contributed by atoms with Crippen molar-refractivity contribution in [2.45, 2.75) is 31.5 Å². The molecule has 1 aliphatic carbocycles. The second-order valence-corrected chi connectivity index (χ2v) is 9.18. The van der Waals surface area contributed by atoms with Crippen LogP contribution in [0.1, 0.15) is 30.4 Å². The van der Waals surface area contributed by atoms with Gasteiger partial charge < -0.3 is 19.5 Å². The van der Waals surface area contributed by atoms with Crippen LogP contribution in [0.4, 0.5) is 4.79 Å². The third-order valence-corrected chi connectivity index (χ3v) is 6.55. The van der Waals surface area contributed by atoms with Gasteiger partial charge in [0.2, 0.25) is 0 Å². The van der Waals surface area contributed by atoms with Crippen molar-refractivity contribution in [2.24, 2.45) is 5.41 Å². The van der Waals surface area contributed by atoms with Gasteiger partial charge in [-0.2, -0.15) is 0 Å². The fraction of sp³-hybridized carbons (Fsp3) is 0.391. The first kappa shape index (κ1) is 20.9. The summed E-state index contributed by atoms with van der Waals surface area (Å²) in [5, 5.41) is 9.16. The summed E-state index contributed by atoms with van der Waals surface area (Å²) in [5.41, 5.74) is 1.22. The molecule has 0 bridgehead atoms. The zero-order valence-corrected chi connectivity index (χ0v) is 18.1. The van der Waals surface area contributed by atoms with Crippen molar-refractivity contribution in [3.63, 3.8) is 0 Å². The number of hydrogen-bond donors (Lipinski definition) is 1. The molecule has 1 N–H and O–H groups in total. The summed E-state index contributed by atoms with van der Waals surface area (Å²) in [7, 11) is 0. The van der Waals surface area contributed by atoms with E-state index >= 15 is 0 Å². The normalized spacial score (nSPS) is 22.0. The topological polar surface area (TPSA) is 76.1 Å². The molecule has 1 spiro atoms. The molecule has 2 aromatic carbocycles. The average molecular weight is 474 g/mol. The predicted molar refractivity (Wildman–Crippen MR) is 114 cm³/mol. The van der Waals surface area contributed by atoms with Crippen LogP contribution in [0.3, 0.4) is 0 Å². The van der Waals surface area contributed by atoms with Gasteiger partial charge in [-0.25, -0.2) is 9.59 Å². The maximum absolute atomic E-state index is 12.4. The average Bonchev–Trinajstić information content (AvgIpc) is 3.12. The highest BCUT2D eigenvalue weighted by Gasteiger charge is 2.56. The largest absolute Gasteiger partial charge is 0.480 e. The molecule has 2 fully saturated rings. The van der Waals surface area contributed by atoms with Gasteiger partial charge in [0.15, 0.2) is 0 Å². The second-order valence-electron chi connectivity index (χ2n) is 8.26. The summed E-state index contributed by atoms with van der Waals surface area (Å²) < 4.78 is 12.3. The van der Waals surface area contributed by atoms with E-state index in [9.17, 15) is 9.59 Å². The Labute approximate surface area is 183 Å². The van der Waals surface area contributed by atoms with E-state index in [0.29, 0.717) is 19.5 Å². The summed E-state index contributed by atoms with van der Waals surface area (Å²) in [6.07, 6.45) is 1.98.